The first-order chi connectivity index (χ1) is 14.1. The summed E-state index contributed by atoms with van der Waals surface area (Å²) in [5, 5.41) is 24.8. The summed E-state index contributed by atoms with van der Waals surface area (Å²) in [6.07, 6.45) is 0.230. The van der Waals surface area contributed by atoms with E-state index in [1.165, 1.54) is 19.1 Å². The molecule has 9 nitrogen and oxygen atoms in total. The highest BCUT2D eigenvalue weighted by Crippen LogP contribution is 2.36. The van der Waals surface area contributed by atoms with Crippen LogP contribution in [0.3, 0.4) is 0 Å². The van der Waals surface area contributed by atoms with Crippen molar-refractivity contribution in [1.29, 1.82) is 0 Å². The number of nitrogens with one attached hydrogen (secondary N) is 1. The lowest BCUT2D eigenvalue weighted by Crippen LogP contribution is -2.42. The number of aromatic hydroxyl groups is 1. The van der Waals surface area contributed by atoms with Gasteiger partial charge in [-0.1, -0.05) is 26.8 Å². The van der Waals surface area contributed by atoms with Gasteiger partial charge in [-0.2, -0.15) is 5.10 Å². The average molecular weight is 413 g/mol. The number of hydrazone groups is 1. The first-order valence-electron chi connectivity index (χ1n) is 9.31. The van der Waals surface area contributed by atoms with Crippen molar-refractivity contribution in [1.82, 2.24) is 5.43 Å². The van der Waals surface area contributed by atoms with E-state index < -0.39 is 16.9 Å². The number of aryl methyl sites for hydroxylation is 1. The van der Waals surface area contributed by atoms with Gasteiger partial charge < -0.3 is 14.6 Å². The number of rotatable bonds is 4. The molecule has 1 atom stereocenters. The lowest BCUT2D eigenvalue weighted by atomic mass is 9.87. The molecule has 0 saturated heterocycles. The number of amides is 1. The van der Waals surface area contributed by atoms with Crippen LogP contribution in [-0.4, -0.2) is 34.9 Å². The molecule has 30 heavy (non-hydrogen) atoms. The van der Waals surface area contributed by atoms with E-state index in [0.29, 0.717) is 17.1 Å². The van der Waals surface area contributed by atoms with Gasteiger partial charge in [-0.3, -0.25) is 14.9 Å². The fourth-order valence-corrected chi connectivity index (χ4v) is 2.90. The molecule has 1 aliphatic rings. The molecule has 3 rings (SSSR count). The quantitative estimate of drug-likeness (QED) is 0.451. The standard InChI is InChI=1S/C21H23N3O6/c1-12-7-15(24(27)28)8-13(19(12)25)10-22-23-20(26)18-11-29-16-6-5-14(21(2,3)4)9-17(16)30-18/h5-10,18,25H,11H2,1-4H3,(H,23,26)/b22-10-/t18-/m1/s1. The van der Waals surface area contributed by atoms with E-state index in [-0.39, 0.29) is 29.0 Å². The molecule has 9 heteroatoms. The number of nitro groups is 1. The number of hydrogen-bond donors (Lipinski definition) is 2. The first-order valence-corrected chi connectivity index (χ1v) is 9.31. The number of carbonyl (C=O) groups excluding carboxylic acids is 1. The first kappa shape index (κ1) is 21.1. The Kier molecular flexibility index (Phi) is 5.64. The topological polar surface area (TPSA) is 123 Å². The zero-order valence-electron chi connectivity index (χ0n) is 17.1. The molecule has 1 aliphatic heterocycles. The molecule has 0 unspecified atom stereocenters. The normalized spacial score (nSPS) is 15.8. The summed E-state index contributed by atoms with van der Waals surface area (Å²) in [5.74, 6) is 0.344. The van der Waals surface area contributed by atoms with Crippen LogP contribution in [0.2, 0.25) is 0 Å². The zero-order valence-corrected chi connectivity index (χ0v) is 17.1. The molecular weight excluding hydrogens is 390 g/mol. The third kappa shape index (κ3) is 4.51. The third-order valence-corrected chi connectivity index (χ3v) is 4.67. The van der Waals surface area contributed by atoms with Gasteiger partial charge in [0.1, 0.15) is 12.4 Å². The molecule has 0 radical (unpaired) electrons. The van der Waals surface area contributed by atoms with Crippen molar-refractivity contribution >= 4 is 17.8 Å². The number of fused-ring (bicyclic) bond motifs is 1. The summed E-state index contributed by atoms with van der Waals surface area (Å²) in [6, 6.07) is 8.04. The number of phenols is 1. The molecule has 0 aromatic heterocycles. The van der Waals surface area contributed by atoms with Crippen LogP contribution in [0.4, 0.5) is 5.69 Å². The highest BCUT2D eigenvalue weighted by Gasteiger charge is 2.28. The monoisotopic (exact) mass is 413 g/mol. The van der Waals surface area contributed by atoms with Gasteiger partial charge in [0.25, 0.3) is 11.6 Å². The van der Waals surface area contributed by atoms with Gasteiger partial charge in [0, 0.05) is 17.7 Å². The van der Waals surface area contributed by atoms with Crippen LogP contribution in [-0.2, 0) is 10.2 Å². The second-order valence-electron chi connectivity index (χ2n) is 8.02. The Bertz CT molecular complexity index is 1030. The molecule has 2 aromatic rings. The van der Waals surface area contributed by atoms with Crippen LogP contribution in [0, 0.1) is 17.0 Å². The lowest BCUT2D eigenvalue weighted by Gasteiger charge is -2.27. The maximum Gasteiger partial charge on any atom is 0.284 e. The van der Waals surface area contributed by atoms with Gasteiger partial charge in [-0.15, -0.1) is 0 Å². The molecule has 0 aliphatic carbocycles. The summed E-state index contributed by atoms with van der Waals surface area (Å²) < 4.78 is 11.4. The van der Waals surface area contributed by atoms with Gasteiger partial charge >= 0.3 is 0 Å². The molecule has 1 amide bonds. The lowest BCUT2D eigenvalue weighted by molar-refractivity contribution is -0.384. The Morgan fingerprint density at radius 3 is 2.70 bits per heavy atom. The van der Waals surface area contributed by atoms with E-state index in [1.54, 1.807) is 0 Å². The predicted molar refractivity (Wildman–Crippen MR) is 110 cm³/mol. The number of carbonyl (C=O) groups is 1. The van der Waals surface area contributed by atoms with Crippen LogP contribution < -0.4 is 14.9 Å². The largest absolute Gasteiger partial charge is 0.507 e. The summed E-state index contributed by atoms with van der Waals surface area (Å²) in [4.78, 5) is 22.8. The van der Waals surface area contributed by atoms with Crippen LogP contribution in [0.25, 0.3) is 0 Å². The van der Waals surface area contributed by atoms with Gasteiger partial charge in [-0.05, 0) is 35.6 Å². The van der Waals surface area contributed by atoms with E-state index in [2.05, 4.69) is 31.3 Å². The Balaban J connectivity index is 1.70. The average Bonchev–Trinajstić information content (AvgIpc) is 2.69. The molecule has 2 aromatic carbocycles. The Hall–Kier alpha value is -3.62. The number of phenolic OH excluding ortho intramolecular Hbond substituents is 1. The van der Waals surface area contributed by atoms with E-state index in [0.717, 1.165) is 11.8 Å². The number of nitro benzene ring substituents is 1. The second kappa shape index (κ2) is 8.02. The molecule has 0 saturated carbocycles. The Morgan fingerprint density at radius 2 is 2.03 bits per heavy atom. The van der Waals surface area contributed by atoms with Crippen molar-refractivity contribution in [2.24, 2.45) is 5.10 Å². The third-order valence-electron chi connectivity index (χ3n) is 4.67. The van der Waals surface area contributed by atoms with E-state index in [1.807, 2.05) is 18.2 Å². The van der Waals surface area contributed by atoms with E-state index in [9.17, 15) is 20.0 Å². The predicted octanol–water partition coefficient (Wildman–Crippen LogP) is 3.20. The van der Waals surface area contributed by atoms with Crippen molar-refractivity contribution in [2.45, 2.75) is 39.2 Å². The molecule has 0 spiro atoms. The number of benzene rings is 2. The zero-order chi connectivity index (χ0) is 22.1. The van der Waals surface area contributed by atoms with Crippen LogP contribution in [0.1, 0.15) is 37.5 Å². The maximum atomic E-state index is 12.4. The van der Waals surface area contributed by atoms with Gasteiger partial charge in [-0.25, -0.2) is 5.43 Å². The van der Waals surface area contributed by atoms with Crippen LogP contribution in [0.5, 0.6) is 17.2 Å². The smallest absolute Gasteiger partial charge is 0.284 e. The highest BCUT2D eigenvalue weighted by molar-refractivity contribution is 5.87. The van der Waals surface area contributed by atoms with Gasteiger partial charge in [0.2, 0.25) is 6.10 Å². The fourth-order valence-electron chi connectivity index (χ4n) is 2.90. The fraction of sp³-hybridized carbons (Fsp3) is 0.333. The van der Waals surface area contributed by atoms with Crippen molar-refractivity contribution in [3.05, 3.63) is 57.1 Å². The van der Waals surface area contributed by atoms with Crippen molar-refractivity contribution in [3.63, 3.8) is 0 Å². The summed E-state index contributed by atoms with van der Waals surface area (Å²) in [6.45, 7) is 7.77. The minimum absolute atomic E-state index is 0.0182. The van der Waals surface area contributed by atoms with Crippen LogP contribution >= 0.6 is 0 Å². The number of non-ortho nitro benzene ring substituents is 1. The minimum Gasteiger partial charge on any atom is -0.507 e. The van der Waals surface area contributed by atoms with E-state index in [4.69, 9.17) is 9.47 Å². The highest BCUT2D eigenvalue weighted by atomic mass is 16.6. The summed E-state index contributed by atoms with van der Waals surface area (Å²) in [7, 11) is 0. The van der Waals surface area contributed by atoms with Crippen molar-refractivity contribution in [3.8, 4) is 17.2 Å². The SMILES string of the molecule is Cc1cc([N+](=O)[O-])cc(/C=N\NC(=O)[C@H]2COc3ccc(C(C)(C)C)cc3O2)c1O. The van der Waals surface area contributed by atoms with Gasteiger partial charge in [0.15, 0.2) is 11.5 Å². The van der Waals surface area contributed by atoms with Crippen LogP contribution in [0.15, 0.2) is 35.4 Å². The minimum atomic E-state index is -0.912. The van der Waals surface area contributed by atoms with Crippen molar-refractivity contribution < 1.29 is 24.3 Å². The summed E-state index contributed by atoms with van der Waals surface area (Å²) >= 11 is 0. The summed E-state index contributed by atoms with van der Waals surface area (Å²) in [5.41, 5.74) is 3.52. The maximum absolute atomic E-state index is 12.4. The Morgan fingerprint density at radius 1 is 1.30 bits per heavy atom. The second-order valence-corrected chi connectivity index (χ2v) is 8.02. The molecule has 158 valence electrons. The molecule has 0 fully saturated rings. The van der Waals surface area contributed by atoms with Crippen molar-refractivity contribution in [2.75, 3.05) is 6.61 Å². The Labute approximate surface area is 173 Å². The molecule has 2 N–H and O–H groups in total. The molecular formula is C21H23N3O6. The molecule has 0 bridgehead atoms. The van der Waals surface area contributed by atoms with Gasteiger partial charge in [0.05, 0.1) is 11.1 Å². The number of ether oxygens (including phenoxy) is 2. The molecule has 1 heterocycles. The van der Waals surface area contributed by atoms with E-state index >= 15 is 0 Å². The number of hydrogen-bond acceptors (Lipinski definition) is 7. The number of nitrogens with zero attached hydrogens (tertiary/aromatic N) is 2.